The van der Waals surface area contributed by atoms with E-state index in [0.29, 0.717) is 6.54 Å². The van der Waals surface area contributed by atoms with E-state index in [1.54, 1.807) is 0 Å². The van der Waals surface area contributed by atoms with Gasteiger partial charge in [0.15, 0.2) is 0 Å². The lowest BCUT2D eigenvalue weighted by Gasteiger charge is -2.27. The van der Waals surface area contributed by atoms with Crippen LogP contribution in [-0.2, 0) is 17.8 Å². The smallest absolute Gasteiger partial charge is 0.231 e. The van der Waals surface area contributed by atoms with Crippen LogP contribution in [0.2, 0.25) is 5.02 Å². The molecule has 1 aromatic carbocycles. The van der Waals surface area contributed by atoms with Crippen molar-refractivity contribution in [1.29, 1.82) is 0 Å². The summed E-state index contributed by atoms with van der Waals surface area (Å²) >= 11 is 5.92. The lowest BCUT2D eigenvalue weighted by Crippen LogP contribution is -2.37. The second-order valence-corrected chi connectivity index (χ2v) is 4.28. The van der Waals surface area contributed by atoms with E-state index < -0.39 is 0 Å². The van der Waals surface area contributed by atoms with Crippen molar-refractivity contribution in [3.8, 4) is 0 Å². The fraction of sp³-hybridized carbons (Fsp3) is 0.364. The maximum absolute atomic E-state index is 10.8. The fourth-order valence-corrected chi connectivity index (χ4v) is 2.13. The third kappa shape index (κ3) is 2.49. The molecular weight excluding hydrogens is 212 g/mol. The number of carbonyl (C=O) groups is 1. The molecule has 0 fully saturated rings. The number of nitrogens with two attached hydrogens (primary N) is 1. The molecule has 3 nitrogen and oxygen atoms in total. The first-order valence-electron chi connectivity index (χ1n) is 4.93. The number of primary amides is 1. The van der Waals surface area contributed by atoms with Gasteiger partial charge in [-0.3, -0.25) is 9.69 Å². The van der Waals surface area contributed by atoms with Gasteiger partial charge in [0.2, 0.25) is 5.91 Å². The largest absolute Gasteiger partial charge is 0.369 e. The summed E-state index contributed by atoms with van der Waals surface area (Å²) in [5.41, 5.74) is 7.69. The summed E-state index contributed by atoms with van der Waals surface area (Å²) in [5.74, 6) is -0.277. The van der Waals surface area contributed by atoms with Crippen LogP contribution in [0.3, 0.4) is 0 Å². The molecule has 1 aliphatic heterocycles. The quantitative estimate of drug-likeness (QED) is 0.820. The van der Waals surface area contributed by atoms with Gasteiger partial charge < -0.3 is 5.73 Å². The molecule has 0 aliphatic carbocycles. The molecular formula is C11H13ClN2O. The standard InChI is InChI=1S/C11H13ClN2O/c12-10-2-1-8-3-4-14(7-11(13)15)6-9(8)5-10/h1-2,5H,3-4,6-7H2,(H2,13,15). The lowest BCUT2D eigenvalue weighted by molar-refractivity contribution is -0.119. The van der Waals surface area contributed by atoms with Crippen molar-refractivity contribution >= 4 is 17.5 Å². The van der Waals surface area contributed by atoms with Crippen LogP contribution in [0.15, 0.2) is 18.2 Å². The molecule has 0 saturated carbocycles. The van der Waals surface area contributed by atoms with Gasteiger partial charge in [-0.25, -0.2) is 0 Å². The van der Waals surface area contributed by atoms with E-state index in [1.807, 2.05) is 17.0 Å². The van der Waals surface area contributed by atoms with Crippen molar-refractivity contribution in [1.82, 2.24) is 4.90 Å². The maximum Gasteiger partial charge on any atom is 0.231 e. The molecule has 1 amide bonds. The van der Waals surface area contributed by atoms with Crippen molar-refractivity contribution in [3.63, 3.8) is 0 Å². The number of rotatable bonds is 2. The second kappa shape index (κ2) is 4.21. The average molecular weight is 225 g/mol. The van der Waals surface area contributed by atoms with E-state index in [9.17, 15) is 4.79 Å². The van der Waals surface area contributed by atoms with Gasteiger partial charge in [0.05, 0.1) is 6.54 Å². The van der Waals surface area contributed by atoms with Gasteiger partial charge in [-0.15, -0.1) is 0 Å². The van der Waals surface area contributed by atoms with Gasteiger partial charge in [-0.05, 0) is 29.7 Å². The van der Waals surface area contributed by atoms with Crippen LogP contribution < -0.4 is 5.73 Å². The Bertz CT molecular complexity index is 392. The van der Waals surface area contributed by atoms with Crippen LogP contribution in [0.25, 0.3) is 0 Å². The van der Waals surface area contributed by atoms with Gasteiger partial charge >= 0.3 is 0 Å². The van der Waals surface area contributed by atoms with Crippen LogP contribution in [0.4, 0.5) is 0 Å². The number of hydrogen-bond acceptors (Lipinski definition) is 2. The molecule has 1 aliphatic rings. The van der Waals surface area contributed by atoms with E-state index in [-0.39, 0.29) is 5.91 Å². The predicted octanol–water partition coefficient (Wildman–Crippen LogP) is 1.18. The number of fused-ring (bicyclic) bond motifs is 1. The van der Waals surface area contributed by atoms with Crippen molar-refractivity contribution in [2.75, 3.05) is 13.1 Å². The third-order valence-corrected chi connectivity index (χ3v) is 2.87. The Hall–Kier alpha value is -1.06. The van der Waals surface area contributed by atoms with Crippen LogP contribution in [0.5, 0.6) is 0 Å². The number of benzene rings is 1. The number of amides is 1. The van der Waals surface area contributed by atoms with Crippen LogP contribution in [-0.4, -0.2) is 23.9 Å². The summed E-state index contributed by atoms with van der Waals surface area (Å²) in [7, 11) is 0. The SMILES string of the molecule is NC(=O)CN1CCc2ccc(Cl)cc2C1. The highest BCUT2D eigenvalue weighted by Crippen LogP contribution is 2.22. The summed E-state index contributed by atoms with van der Waals surface area (Å²) in [5, 5.41) is 0.745. The monoisotopic (exact) mass is 224 g/mol. The summed E-state index contributed by atoms with van der Waals surface area (Å²) in [6, 6.07) is 5.92. The third-order valence-electron chi connectivity index (χ3n) is 2.64. The van der Waals surface area contributed by atoms with Gasteiger partial charge in [0.25, 0.3) is 0 Å². The van der Waals surface area contributed by atoms with Crippen molar-refractivity contribution in [2.24, 2.45) is 5.73 Å². The first kappa shape index (κ1) is 10.5. The van der Waals surface area contributed by atoms with Gasteiger partial charge in [0, 0.05) is 18.1 Å². The van der Waals surface area contributed by atoms with Crippen molar-refractivity contribution < 1.29 is 4.79 Å². The number of halogens is 1. The lowest BCUT2D eigenvalue weighted by atomic mass is 10.00. The molecule has 0 bridgehead atoms. The van der Waals surface area contributed by atoms with Gasteiger partial charge in [-0.1, -0.05) is 17.7 Å². The van der Waals surface area contributed by atoms with E-state index >= 15 is 0 Å². The maximum atomic E-state index is 10.8. The fourth-order valence-electron chi connectivity index (χ4n) is 1.94. The van der Waals surface area contributed by atoms with Crippen LogP contribution >= 0.6 is 11.6 Å². The van der Waals surface area contributed by atoms with Crippen molar-refractivity contribution in [3.05, 3.63) is 34.3 Å². The molecule has 15 heavy (non-hydrogen) atoms. The Morgan fingerprint density at radius 2 is 2.27 bits per heavy atom. The Balaban J connectivity index is 2.14. The zero-order valence-corrected chi connectivity index (χ0v) is 9.13. The molecule has 80 valence electrons. The molecule has 4 heteroatoms. The zero-order valence-electron chi connectivity index (χ0n) is 8.37. The first-order valence-corrected chi connectivity index (χ1v) is 5.31. The highest BCUT2D eigenvalue weighted by atomic mass is 35.5. The molecule has 1 aromatic rings. The summed E-state index contributed by atoms with van der Waals surface area (Å²) in [4.78, 5) is 12.8. The summed E-state index contributed by atoms with van der Waals surface area (Å²) < 4.78 is 0. The molecule has 2 N–H and O–H groups in total. The molecule has 0 spiro atoms. The minimum Gasteiger partial charge on any atom is -0.369 e. The number of hydrogen-bond donors (Lipinski definition) is 1. The van der Waals surface area contributed by atoms with Gasteiger partial charge in [0.1, 0.15) is 0 Å². The Morgan fingerprint density at radius 3 is 3.00 bits per heavy atom. The predicted molar refractivity (Wildman–Crippen MR) is 59.6 cm³/mol. The zero-order chi connectivity index (χ0) is 10.8. The van der Waals surface area contributed by atoms with E-state index in [0.717, 1.165) is 24.5 Å². The summed E-state index contributed by atoms with van der Waals surface area (Å²) in [6.07, 6.45) is 0.958. The highest BCUT2D eigenvalue weighted by molar-refractivity contribution is 6.30. The number of carbonyl (C=O) groups excluding carboxylic acids is 1. The molecule has 0 aromatic heterocycles. The number of nitrogens with zero attached hydrogens (tertiary/aromatic N) is 1. The van der Waals surface area contributed by atoms with Crippen LogP contribution in [0, 0.1) is 0 Å². The Morgan fingerprint density at radius 1 is 1.47 bits per heavy atom. The molecule has 2 rings (SSSR count). The minimum atomic E-state index is -0.277. The Kier molecular flexibility index (Phi) is 2.93. The normalized spacial score (nSPS) is 16.1. The highest BCUT2D eigenvalue weighted by Gasteiger charge is 2.17. The molecule has 1 heterocycles. The molecule has 0 unspecified atom stereocenters. The van der Waals surface area contributed by atoms with Gasteiger partial charge in [-0.2, -0.15) is 0 Å². The molecule has 0 atom stereocenters. The first-order chi connectivity index (χ1) is 7.15. The van der Waals surface area contributed by atoms with Crippen LogP contribution in [0.1, 0.15) is 11.1 Å². The second-order valence-electron chi connectivity index (χ2n) is 3.84. The average Bonchev–Trinajstić information content (AvgIpc) is 2.16. The van der Waals surface area contributed by atoms with Crippen molar-refractivity contribution in [2.45, 2.75) is 13.0 Å². The van der Waals surface area contributed by atoms with E-state index in [2.05, 4.69) is 6.07 Å². The molecule has 0 radical (unpaired) electrons. The van der Waals surface area contributed by atoms with E-state index in [4.69, 9.17) is 17.3 Å². The topological polar surface area (TPSA) is 46.3 Å². The Labute approximate surface area is 93.8 Å². The summed E-state index contributed by atoms with van der Waals surface area (Å²) in [6.45, 7) is 1.97. The molecule has 0 saturated heterocycles. The minimum absolute atomic E-state index is 0.277. The van der Waals surface area contributed by atoms with E-state index in [1.165, 1.54) is 11.1 Å².